The molecule has 1 aromatic heterocycles. The molecule has 184 valence electrons. The van der Waals surface area contributed by atoms with Crippen LogP contribution in [0.3, 0.4) is 0 Å². The van der Waals surface area contributed by atoms with Gasteiger partial charge in [0.2, 0.25) is 0 Å². The zero-order valence-corrected chi connectivity index (χ0v) is 22.1. The fraction of sp³-hybridized carbons (Fsp3) is 0.0789. The minimum absolute atomic E-state index is 0.00558. The van der Waals surface area contributed by atoms with E-state index >= 15 is 0 Å². The Morgan fingerprint density at radius 2 is 1.13 bits per heavy atom. The van der Waals surface area contributed by atoms with Crippen LogP contribution in [0.25, 0.3) is 65.7 Å². The summed E-state index contributed by atoms with van der Waals surface area (Å²) in [6, 6.07) is 42.3. The van der Waals surface area contributed by atoms with Crippen LogP contribution in [0.2, 0.25) is 0 Å². The molecule has 6 aromatic carbocycles. The molecule has 7 aromatic rings. The summed E-state index contributed by atoms with van der Waals surface area (Å²) in [5, 5.41) is 7.47. The van der Waals surface area contributed by atoms with Gasteiger partial charge in [0.1, 0.15) is 0 Å². The molecule has 0 atom stereocenters. The van der Waals surface area contributed by atoms with Crippen LogP contribution < -0.4 is 0 Å². The quantitative estimate of drug-likeness (QED) is 0.217. The lowest BCUT2D eigenvalue weighted by atomic mass is 9.81. The lowest BCUT2D eigenvalue weighted by Gasteiger charge is -2.22. The van der Waals surface area contributed by atoms with Crippen LogP contribution in [-0.2, 0) is 5.41 Å². The van der Waals surface area contributed by atoms with Gasteiger partial charge in [-0.1, -0.05) is 117 Å². The maximum absolute atomic E-state index is 4.63. The molecule has 1 aliphatic carbocycles. The molecule has 0 radical (unpaired) electrons. The first-order valence-corrected chi connectivity index (χ1v) is 13.6. The lowest BCUT2D eigenvalue weighted by molar-refractivity contribution is 0.660. The van der Waals surface area contributed by atoms with E-state index in [2.05, 4.69) is 140 Å². The Balaban J connectivity index is 1.48. The van der Waals surface area contributed by atoms with E-state index in [1.54, 1.807) is 0 Å². The van der Waals surface area contributed by atoms with E-state index in [0.717, 1.165) is 0 Å². The Labute approximate surface area is 228 Å². The van der Waals surface area contributed by atoms with Gasteiger partial charge < -0.3 is 0 Å². The molecule has 0 fully saturated rings. The molecule has 8 rings (SSSR count). The normalized spacial score (nSPS) is 13.6. The van der Waals surface area contributed by atoms with Gasteiger partial charge in [0, 0.05) is 23.2 Å². The van der Waals surface area contributed by atoms with Crippen molar-refractivity contribution >= 4 is 32.3 Å². The summed E-state index contributed by atoms with van der Waals surface area (Å²) in [5.41, 5.74) is 10.5. The van der Waals surface area contributed by atoms with Gasteiger partial charge in [0.25, 0.3) is 0 Å². The summed E-state index contributed by atoms with van der Waals surface area (Å²) in [7, 11) is 0. The molecule has 0 unspecified atom stereocenters. The average molecular weight is 498 g/mol. The summed E-state index contributed by atoms with van der Waals surface area (Å²) >= 11 is 0. The van der Waals surface area contributed by atoms with Crippen LogP contribution in [0.1, 0.15) is 25.0 Å². The summed E-state index contributed by atoms with van der Waals surface area (Å²) < 4.78 is 0. The number of aromatic nitrogens is 1. The van der Waals surface area contributed by atoms with Crippen LogP contribution >= 0.6 is 0 Å². The third-order valence-electron chi connectivity index (χ3n) is 8.76. The predicted molar refractivity (Wildman–Crippen MR) is 165 cm³/mol. The SMILES string of the molecule is CC1(C)c2ccccc2-c2cc(-c3c4ccccc4c(-c4cccc5ccccc45)c4ccncc34)ccc21. The van der Waals surface area contributed by atoms with Crippen LogP contribution in [0.5, 0.6) is 0 Å². The van der Waals surface area contributed by atoms with E-state index in [4.69, 9.17) is 0 Å². The molecular weight excluding hydrogens is 470 g/mol. The number of benzene rings is 6. The van der Waals surface area contributed by atoms with Crippen molar-refractivity contribution in [3.63, 3.8) is 0 Å². The smallest absolute Gasteiger partial charge is 0.0353 e. The monoisotopic (exact) mass is 497 g/mol. The van der Waals surface area contributed by atoms with E-state index in [1.807, 2.05) is 6.20 Å². The Bertz CT molecular complexity index is 2040. The maximum atomic E-state index is 4.63. The predicted octanol–water partition coefficient (Wildman–Crippen LogP) is 10.2. The van der Waals surface area contributed by atoms with Gasteiger partial charge in [-0.2, -0.15) is 0 Å². The molecular formula is C38H27N. The molecule has 0 N–H and O–H groups in total. The molecule has 1 heterocycles. The molecule has 0 bridgehead atoms. The van der Waals surface area contributed by atoms with Crippen LogP contribution in [-0.4, -0.2) is 4.98 Å². The van der Waals surface area contributed by atoms with Crippen molar-refractivity contribution in [1.29, 1.82) is 0 Å². The number of hydrogen-bond acceptors (Lipinski definition) is 1. The molecule has 0 saturated carbocycles. The van der Waals surface area contributed by atoms with E-state index in [0.29, 0.717) is 0 Å². The number of nitrogens with zero attached hydrogens (tertiary/aromatic N) is 1. The lowest BCUT2D eigenvalue weighted by Crippen LogP contribution is -2.14. The van der Waals surface area contributed by atoms with E-state index < -0.39 is 0 Å². The standard InChI is InChI=1S/C38H27N/c1-38(2)34-17-8-7-13-27(34)32-22-25(18-19-35(32)38)36-29-14-5-6-15-30(29)37(31-20-21-39-23-33(31)36)28-16-9-11-24-10-3-4-12-26(24)28/h3-23H,1-2H3. The van der Waals surface area contributed by atoms with Crippen molar-refractivity contribution in [3.05, 3.63) is 139 Å². The second-order valence-corrected chi connectivity index (χ2v) is 11.2. The third kappa shape index (κ3) is 3.11. The minimum atomic E-state index is -0.00558. The van der Waals surface area contributed by atoms with Gasteiger partial charge in [-0.05, 0) is 83.6 Å². The van der Waals surface area contributed by atoms with Crippen LogP contribution in [0, 0.1) is 0 Å². The van der Waals surface area contributed by atoms with Crippen molar-refractivity contribution in [2.75, 3.05) is 0 Å². The van der Waals surface area contributed by atoms with E-state index in [-0.39, 0.29) is 5.41 Å². The minimum Gasteiger partial charge on any atom is -0.264 e. The first-order valence-electron chi connectivity index (χ1n) is 13.6. The summed E-state index contributed by atoms with van der Waals surface area (Å²) in [4.78, 5) is 4.63. The average Bonchev–Trinajstić information content (AvgIpc) is 3.21. The Hall–Kier alpha value is -4.75. The maximum Gasteiger partial charge on any atom is 0.0353 e. The molecule has 1 nitrogen and oxygen atoms in total. The van der Waals surface area contributed by atoms with Gasteiger partial charge in [-0.15, -0.1) is 0 Å². The largest absolute Gasteiger partial charge is 0.264 e. The van der Waals surface area contributed by atoms with Gasteiger partial charge in [0.15, 0.2) is 0 Å². The fourth-order valence-corrected chi connectivity index (χ4v) is 6.94. The number of rotatable bonds is 2. The first kappa shape index (κ1) is 22.3. The highest BCUT2D eigenvalue weighted by atomic mass is 14.6. The summed E-state index contributed by atoms with van der Waals surface area (Å²) in [6.45, 7) is 4.68. The Kier molecular flexibility index (Phi) is 4.63. The fourth-order valence-electron chi connectivity index (χ4n) is 6.94. The molecule has 1 aliphatic rings. The molecule has 0 spiro atoms. The van der Waals surface area contributed by atoms with Gasteiger partial charge in [-0.3, -0.25) is 4.98 Å². The summed E-state index contributed by atoms with van der Waals surface area (Å²) in [6.07, 6.45) is 3.98. The molecule has 39 heavy (non-hydrogen) atoms. The van der Waals surface area contributed by atoms with Crippen molar-refractivity contribution in [2.24, 2.45) is 0 Å². The van der Waals surface area contributed by atoms with Crippen molar-refractivity contribution < 1.29 is 0 Å². The highest BCUT2D eigenvalue weighted by Crippen LogP contribution is 2.51. The second kappa shape index (κ2) is 8.12. The highest BCUT2D eigenvalue weighted by molar-refractivity contribution is 6.23. The zero-order valence-electron chi connectivity index (χ0n) is 22.1. The Morgan fingerprint density at radius 1 is 0.487 bits per heavy atom. The van der Waals surface area contributed by atoms with Crippen molar-refractivity contribution in [3.8, 4) is 33.4 Å². The van der Waals surface area contributed by atoms with Gasteiger partial charge in [0.05, 0.1) is 0 Å². The van der Waals surface area contributed by atoms with Crippen molar-refractivity contribution in [1.82, 2.24) is 4.98 Å². The summed E-state index contributed by atoms with van der Waals surface area (Å²) in [5.74, 6) is 0. The van der Waals surface area contributed by atoms with Crippen molar-refractivity contribution in [2.45, 2.75) is 19.3 Å². The van der Waals surface area contributed by atoms with Crippen LogP contribution in [0.15, 0.2) is 128 Å². The highest BCUT2D eigenvalue weighted by Gasteiger charge is 2.35. The molecule has 0 amide bonds. The molecule has 0 aliphatic heterocycles. The number of hydrogen-bond donors (Lipinski definition) is 0. The zero-order chi connectivity index (χ0) is 26.1. The van der Waals surface area contributed by atoms with Crippen LogP contribution in [0.4, 0.5) is 0 Å². The first-order chi connectivity index (χ1) is 19.1. The molecule has 0 saturated heterocycles. The van der Waals surface area contributed by atoms with Gasteiger partial charge >= 0.3 is 0 Å². The third-order valence-corrected chi connectivity index (χ3v) is 8.76. The number of pyridine rings is 1. The number of fused-ring (bicyclic) bond motifs is 6. The second-order valence-electron chi connectivity index (χ2n) is 11.2. The van der Waals surface area contributed by atoms with Gasteiger partial charge in [-0.25, -0.2) is 0 Å². The van der Waals surface area contributed by atoms with E-state index in [9.17, 15) is 0 Å². The van der Waals surface area contributed by atoms with E-state index in [1.165, 1.54) is 76.8 Å². The Morgan fingerprint density at radius 3 is 2.00 bits per heavy atom. The topological polar surface area (TPSA) is 12.9 Å². The molecule has 1 heteroatoms.